The summed E-state index contributed by atoms with van der Waals surface area (Å²) in [5, 5.41) is 7.45. The summed E-state index contributed by atoms with van der Waals surface area (Å²) >= 11 is 0. The molecule has 0 saturated heterocycles. The lowest BCUT2D eigenvalue weighted by Gasteiger charge is -2.04. The minimum atomic E-state index is 0.309. The molecule has 0 spiro atoms. The average Bonchev–Trinajstić information content (AvgIpc) is 2.66. The highest BCUT2D eigenvalue weighted by atomic mass is 15.4. The normalized spacial score (nSPS) is 11.0. The molecule has 19 heavy (non-hydrogen) atoms. The Morgan fingerprint density at radius 3 is 2.63 bits per heavy atom. The third-order valence-electron chi connectivity index (χ3n) is 2.47. The SMILES string of the molecule is Cc1cc(-n2nc(NCC(C)C)nc2N)nc(C)n1. The summed E-state index contributed by atoms with van der Waals surface area (Å²) in [5.74, 6) is 2.65. The van der Waals surface area contributed by atoms with Gasteiger partial charge in [-0.3, -0.25) is 0 Å². The van der Waals surface area contributed by atoms with E-state index in [1.165, 1.54) is 4.68 Å². The van der Waals surface area contributed by atoms with Gasteiger partial charge in [0.05, 0.1) is 0 Å². The molecule has 3 N–H and O–H groups in total. The van der Waals surface area contributed by atoms with Gasteiger partial charge in [-0.2, -0.15) is 9.67 Å². The van der Waals surface area contributed by atoms with Gasteiger partial charge in [-0.1, -0.05) is 13.8 Å². The zero-order valence-corrected chi connectivity index (χ0v) is 11.7. The van der Waals surface area contributed by atoms with Gasteiger partial charge in [0.1, 0.15) is 5.82 Å². The molecule has 2 aromatic rings. The first-order valence-corrected chi connectivity index (χ1v) is 6.24. The van der Waals surface area contributed by atoms with Crippen LogP contribution in [0.2, 0.25) is 0 Å². The number of anilines is 2. The maximum atomic E-state index is 5.87. The van der Waals surface area contributed by atoms with E-state index in [1.54, 1.807) is 0 Å². The van der Waals surface area contributed by atoms with Gasteiger partial charge >= 0.3 is 0 Å². The number of nitrogens with zero attached hydrogens (tertiary/aromatic N) is 5. The Labute approximate surface area is 112 Å². The molecule has 0 radical (unpaired) electrons. The van der Waals surface area contributed by atoms with Gasteiger partial charge in [-0.25, -0.2) is 9.97 Å². The number of hydrogen-bond acceptors (Lipinski definition) is 6. The van der Waals surface area contributed by atoms with E-state index >= 15 is 0 Å². The van der Waals surface area contributed by atoms with Crippen LogP contribution in [0.1, 0.15) is 25.4 Å². The zero-order valence-electron chi connectivity index (χ0n) is 11.7. The third kappa shape index (κ3) is 3.18. The second-order valence-corrected chi connectivity index (χ2v) is 4.89. The Bertz CT molecular complexity index is 553. The minimum absolute atomic E-state index is 0.309. The van der Waals surface area contributed by atoms with Crippen molar-refractivity contribution in [3.63, 3.8) is 0 Å². The molecule has 0 amide bonds. The van der Waals surface area contributed by atoms with Crippen LogP contribution in [0.25, 0.3) is 5.82 Å². The van der Waals surface area contributed by atoms with E-state index < -0.39 is 0 Å². The molecule has 0 unspecified atom stereocenters. The molecule has 7 heteroatoms. The molecule has 0 aliphatic rings. The fraction of sp³-hybridized carbons (Fsp3) is 0.500. The van der Waals surface area contributed by atoms with Crippen molar-refractivity contribution in [1.29, 1.82) is 0 Å². The number of nitrogens with two attached hydrogens (primary N) is 1. The summed E-state index contributed by atoms with van der Waals surface area (Å²) in [4.78, 5) is 12.7. The van der Waals surface area contributed by atoms with Crippen molar-refractivity contribution in [1.82, 2.24) is 24.7 Å². The highest BCUT2D eigenvalue weighted by molar-refractivity contribution is 5.38. The Morgan fingerprint density at radius 1 is 1.26 bits per heavy atom. The molecule has 7 nitrogen and oxygen atoms in total. The maximum Gasteiger partial charge on any atom is 0.244 e. The summed E-state index contributed by atoms with van der Waals surface area (Å²) in [6, 6.07) is 1.82. The number of aromatic nitrogens is 5. The van der Waals surface area contributed by atoms with Crippen LogP contribution in [0.4, 0.5) is 11.9 Å². The minimum Gasteiger partial charge on any atom is -0.368 e. The number of nitrogens with one attached hydrogen (secondary N) is 1. The van der Waals surface area contributed by atoms with Gasteiger partial charge in [-0.15, -0.1) is 5.10 Å². The van der Waals surface area contributed by atoms with Crippen molar-refractivity contribution in [2.75, 3.05) is 17.6 Å². The molecule has 0 aliphatic carbocycles. The molecular weight excluding hydrogens is 242 g/mol. The van der Waals surface area contributed by atoms with Crippen LogP contribution in [0.3, 0.4) is 0 Å². The Balaban J connectivity index is 2.29. The van der Waals surface area contributed by atoms with E-state index in [2.05, 4.69) is 39.2 Å². The highest BCUT2D eigenvalue weighted by Crippen LogP contribution is 2.13. The fourth-order valence-electron chi connectivity index (χ4n) is 1.67. The summed E-state index contributed by atoms with van der Waals surface area (Å²) in [7, 11) is 0. The Morgan fingerprint density at radius 2 is 2.00 bits per heavy atom. The molecule has 0 bridgehead atoms. The molecule has 102 valence electrons. The van der Waals surface area contributed by atoms with Crippen LogP contribution in [0, 0.1) is 19.8 Å². The maximum absolute atomic E-state index is 5.87. The molecule has 2 aromatic heterocycles. The van der Waals surface area contributed by atoms with E-state index in [0.29, 0.717) is 29.5 Å². The van der Waals surface area contributed by atoms with Crippen LogP contribution in [0.15, 0.2) is 6.07 Å². The Kier molecular flexibility index (Phi) is 3.64. The van der Waals surface area contributed by atoms with Gasteiger partial charge in [0.15, 0.2) is 5.82 Å². The van der Waals surface area contributed by atoms with Crippen molar-refractivity contribution in [3.8, 4) is 5.82 Å². The van der Waals surface area contributed by atoms with Gasteiger partial charge in [0.2, 0.25) is 11.9 Å². The first-order valence-electron chi connectivity index (χ1n) is 6.24. The molecule has 0 atom stereocenters. The topological polar surface area (TPSA) is 94.5 Å². The van der Waals surface area contributed by atoms with Crippen LogP contribution in [-0.2, 0) is 0 Å². The quantitative estimate of drug-likeness (QED) is 0.862. The van der Waals surface area contributed by atoms with Crippen LogP contribution < -0.4 is 11.1 Å². The predicted molar refractivity (Wildman–Crippen MR) is 74.2 cm³/mol. The predicted octanol–water partition coefficient (Wildman–Crippen LogP) is 1.32. The van der Waals surface area contributed by atoms with E-state index in [9.17, 15) is 0 Å². The fourth-order valence-corrected chi connectivity index (χ4v) is 1.67. The lowest BCUT2D eigenvalue weighted by Crippen LogP contribution is -2.10. The molecular formula is C12H19N7. The van der Waals surface area contributed by atoms with Gasteiger partial charge in [0.25, 0.3) is 0 Å². The first-order chi connectivity index (χ1) is 8.95. The number of hydrogen-bond donors (Lipinski definition) is 2. The lowest BCUT2D eigenvalue weighted by atomic mass is 10.2. The molecule has 2 rings (SSSR count). The average molecular weight is 261 g/mol. The van der Waals surface area contributed by atoms with Crippen molar-refractivity contribution in [2.45, 2.75) is 27.7 Å². The summed E-state index contributed by atoms with van der Waals surface area (Å²) < 4.78 is 1.52. The smallest absolute Gasteiger partial charge is 0.244 e. The van der Waals surface area contributed by atoms with Crippen molar-refractivity contribution < 1.29 is 0 Å². The van der Waals surface area contributed by atoms with Crippen LogP contribution >= 0.6 is 0 Å². The van der Waals surface area contributed by atoms with Crippen LogP contribution in [0.5, 0.6) is 0 Å². The van der Waals surface area contributed by atoms with E-state index in [-0.39, 0.29) is 0 Å². The standard InChI is InChI=1S/C12H19N7/c1-7(2)6-14-12-17-11(13)19(18-12)10-5-8(3)15-9(4)16-10/h5,7H,6H2,1-4H3,(H3,13,14,17,18). The number of rotatable bonds is 4. The number of aryl methyl sites for hydroxylation is 2. The lowest BCUT2D eigenvalue weighted by molar-refractivity contribution is 0.683. The summed E-state index contributed by atoms with van der Waals surface area (Å²) in [5.41, 5.74) is 6.74. The summed E-state index contributed by atoms with van der Waals surface area (Å²) in [6.45, 7) is 8.77. The number of nitrogen functional groups attached to an aromatic ring is 1. The molecule has 0 fully saturated rings. The van der Waals surface area contributed by atoms with Gasteiger partial charge < -0.3 is 11.1 Å². The van der Waals surface area contributed by atoms with Crippen molar-refractivity contribution >= 4 is 11.9 Å². The molecule has 0 saturated carbocycles. The van der Waals surface area contributed by atoms with Gasteiger partial charge in [0, 0.05) is 18.3 Å². The second-order valence-electron chi connectivity index (χ2n) is 4.89. The zero-order chi connectivity index (χ0) is 14.0. The summed E-state index contributed by atoms with van der Waals surface area (Å²) in [6.07, 6.45) is 0. The molecule has 0 aromatic carbocycles. The van der Waals surface area contributed by atoms with Crippen molar-refractivity contribution in [2.24, 2.45) is 5.92 Å². The monoisotopic (exact) mass is 261 g/mol. The third-order valence-corrected chi connectivity index (χ3v) is 2.47. The van der Waals surface area contributed by atoms with Crippen molar-refractivity contribution in [3.05, 3.63) is 17.6 Å². The van der Waals surface area contributed by atoms with Crippen LogP contribution in [-0.4, -0.2) is 31.3 Å². The largest absolute Gasteiger partial charge is 0.368 e. The molecule has 2 heterocycles. The second kappa shape index (κ2) is 5.21. The molecule has 0 aliphatic heterocycles. The van der Waals surface area contributed by atoms with E-state index in [4.69, 9.17) is 5.73 Å². The highest BCUT2D eigenvalue weighted by Gasteiger charge is 2.11. The van der Waals surface area contributed by atoms with E-state index in [1.807, 2.05) is 19.9 Å². The van der Waals surface area contributed by atoms with E-state index in [0.717, 1.165) is 12.2 Å². The van der Waals surface area contributed by atoms with Gasteiger partial charge in [-0.05, 0) is 19.8 Å². The first kappa shape index (κ1) is 13.3. The Hall–Kier alpha value is -2.18.